The molecule has 2 rings (SSSR count). The van der Waals surface area contributed by atoms with Crippen LogP contribution in [0.15, 0.2) is 23.2 Å². The number of hydrogen-bond donors (Lipinski definition) is 1. The predicted molar refractivity (Wildman–Crippen MR) is 84.8 cm³/mol. The van der Waals surface area contributed by atoms with Crippen LogP contribution in [0.25, 0.3) is 0 Å². The van der Waals surface area contributed by atoms with Crippen LogP contribution in [0.3, 0.4) is 0 Å². The zero-order valence-corrected chi connectivity index (χ0v) is 13.7. The molecule has 1 aromatic heterocycles. The molecule has 1 aromatic rings. The van der Waals surface area contributed by atoms with Crippen LogP contribution in [-0.2, 0) is 10.0 Å². The summed E-state index contributed by atoms with van der Waals surface area (Å²) >= 11 is 0. The van der Waals surface area contributed by atoms with Crippen molar-refractivity contribution < 1.29 is 8.42 Å². The number of pyridine rings is 1. The fraction of sp³-hybridized carbons (Fsp3) is 0.667. The molecule has 118 valence electrons. The average molecular weight is 311 g/mol. The normalized spacial score (nSPS) is 20.4. The van der Waals surface area contributed by atoms with Gasteiger partial charge in [0.15, 0.2) is 0 Å². The number of sulfonamides is 1. The first-order valence-electron chi connectivity index (χ1n) is 7.81. The van der Waals surface area contributed by atoms with Crippen LogP contribution in [-0.4, -0.2) is 36.8 Å². The molecule has 1 aliphatic rings. The van der Waals surface area contributed by atoms with Gasteiger partial charge < -0.3 is 5.32 Å². The summed E-state index contributed by atoms with van der Waals surface area (Å²) in [6, 6.07) is 3.52. The fourth-order valence-electron chi connectivity index (χ4n) is 2.87. The molecule has 1 atom stereocenters. The maximum absolute atomic E-state index is 12.8. The number of nitrogens with zero attached hydrogens (tertiary/aromatic N) is 2. The van der Waals surface area contributed by atoms with E-state index in [4.69, 9.17) is 0 Å². The van der Waals surface area contributed by atoms with Crippen molar-refractivity contribution in [3.63, 3.8) is 0 Å². The Morgan fingerprint density at radius 2 is 2.14 bits per heavy atom. The molecule has 0 radical (unpaired) electrons. The van der Waals surface area contributed by atoms with Crippen LogP contribution in [0.4, 0.5) is 5.82 Å². The van der Waals surface area contributed by atoms with Crippen molar-refractivity contribution in [1.29, 1.82) is 0 Å². The van der Waals surface area contributed by atoms with E-state index in [-0.39, 0.29) is 6.04 Å². The molecule has 0 amide bonds. The SMILES string of the molecule is CCCC1CCCCN1S(=O)(=O)c1ccc(NCC)nc1. The summed E-state index contributed by atoms with van der Waals surface area (Å²) < 4.78 is 27.3. The Morgan fingerprint density at radius 3 is 2.76 bits per heavy atom. The maximum atomic E-state index is 12.8. The molecule has 0 aliphatic carbocycles. The molecule has 2 heterocycles. The molecule has 0 bridgehead atoms. The van der Waals surface area contributed by atoms with Gasteiger partial charge in [-0.3, -0.25) is 0 Å². The Kier molecular flexibility index (Phi) is 5.58. The number of anilines is 1. The van der Waals surface area contributed by atoms with Crippen molar-refractivity contribution in [2.24, 2.45) is 0 Å². The Balaban J connectivity index is 2.22. The molecule has 0 aromatic carbocycles. The van der Waals surface area contributed by atoms with Gasteiger partial charge in [-0.2, -0.15) is 4.31 Å². The monoisotopic (exact) mass is 311 g/mol. The average Bonchev–Trinajstić information content (AvgIpc) is 2.49. The zero-order valence-electron chi connectivity index (χ0n) is 12.9. The van der Waals surface area contributed by atoms with Gasteiger partial charge in [0.2, 0.25) is 10.0 Å². The third-order valence-electron chi connectivity index (χ3n) is 3.90. The Labute approximate surface area is 127 Å². The minimum absolute atomic E-state index is 0.141. The minimum atomic E-state index is -3.42. The second kappa shape index (κ2) is 7.22. The van der Waals surface area contributed by atoms with E-state index in [2.05, 4.69) is 17.2 Å². The van der Waals surface area contributed by atoms with Crippen LogP contribution in [0.1, 0.15) is 46.0 Å². The van der Waals surface area contributed by atoms with E-state index in [0.717, 1.165) is 38.6 Å². The predicted octanol–water partition coefficient (Wildman–Crippen LogP) is 2.86. The van der Waals surface area contributed by atoms with E-state index in [9.17, 15) is 8.42 Å². The van der Waals surface area contributed by atoms with Crippen LogP contribution in [0.2, 0.25) is 0 Å². The topological polar surface area (TPSA) is 62.3 Å². The smallest absolute Gasteiger partial charge is 0.244 e. The fourth-order valence-corrected chi connectivity index (χ4v) is 4.54. The van der Waals surface area contributed by atoms with Crippen molar-refractivity contribution in [2.75, 3.05) is 18.4 Å². The van der Waals surface area contributed by atoms with Gasteiger partial charge in [0, 0.05) is 25.3 Å². The first-order chi connectivity index (χ1) is 10.1. The third-order valence-corrected chi connectivity index (χ3v) is 5.83. The number of nitrogens with one attached hydrogen (secondary N) is 1. The first-order valence-corrected chi connectivity index (χ1v) is 9.25. The summed E-state index contributed by atoms with van der Waals surface area (Å²) in [6.07, 6.45) is 6.44. The summed E-state index contributed by atoms with van der Waals surface area (Å²) in [5.74, 6) is 0.709. The first kappa shape index (κ1) is 16.2. The van der Waals surface area contributed by atoms with Gasteiger partial charge in [-0.25, -0.2) is 13.4 Å². The molecule has 5 nitrogen and oxygen atoms in total. The zero-order chi connectivity index (χ0) is 15.3. The lowest BCUT2D eigenvalue weighted by atomic mass is 10.0. The van der Waals surface area contributed by atoms with E-state index in [1.807, 2.05) is 6.92 Å². The minimum Gasteiger partial charge on any atom is -0.370 e. The van der Waals surface area contributed by atoms with Crippen LogP contribution < -0.4 is 5.32 Å². The summed E-state index contributed by atoms with van der Waals surface area (Å²) in [4.78, 5) is 4.48. The van der Waals surface area contributed by atoms with E-state index < -0.39 is 10.0 Å². The van der Waals surface area contributed by atoms with E-state index in [1.54, 1.807) is 16.4 Å². The third kappa shape index (κ3) is 3.74. The van der Waals surface area contributed by atoms with Gasteiger partial charge in [0.25, 0.3) is 0 Å². The van der Waals surface area contributed by atoms with Crippen molar-refractivity contribution in [1.82, 2.24) is 9.29 Å². The molecule has 0 saturated carbocycles. The molecule has 1 unspecified atom stereocenters. The summed E-state index contributed by atoms with van der Waals surface area (Å²) in [6.45, 7) is 5.48. The second-order valence-electron chi connectivity index (χ2n) is 5.46. The summed E-state index contributed by atoms with van der Waals surface area (Å²) in [5.41, 5.74) is 0. The molecular formula is C15H25N3O2S. The molecule has 1 saturated heterocycles. The van der Waals surface area contributed by atoms with E-state index in [0.29, 0.717) is 17.3 Å². The van der Waals surface area contributed by atoms with E-state index >= 15 is 0 Å². The van der Waals surface area contributed by atoms with Crippen molar-refractivity contribution in [3.05, 3.63) is 18.3 Å². The van der Waals surface area contributed by atoms with Crippen LogP contribution in [0, 0.1) is 0 Å². The molecule has 0 spiro atoms. The van der Waals surface area contributed by atoms with Gasteiger partial charge in [0.05, 0.1) is 0 Å². The lowest BCUT2D eigenvalue weighted by Crippen LogP contribution is -2.43. The number of hydrogen-bond acceptors (Lipinski definition) is 4. The molecule has 1 N–H and O–H groups in total. The standard InChI is InChI=1S/C15H25N3O2S/c1-3-7-13-8-5-6-11-18(13)21(19,20)14-9-10-15(16-4-2)17-12-14/h9-10,12-13H,3-8,11H2,1-2H3,(H,16,17). The number of rotatable bonds is 6. The second-order valence-corrected chi connectivity index (χ2v) is 7.35. The van der Waals surface area contributed by atoms with Crippen molar-refractivity contribution in [2.45, 2.75) is 56.9 Å². The maximum Gasteiger partial charge on any atom is 0.244 e. The van der Waals surface area contributed by atoms with Crippen molar-refractivity contribution >= 4 is 15.8 Å². The van der Waals surface area contributed by atoms with E-state index in [1.165, 1.54) is 6.20 Å². The van der Waals surface area contributed by atoms with Crippen molar-refractivity contribution in [3.8, 4) is 0 Å². The highest BCUT2D eigenvalue weighted by atomic mass is 32.2. The van der Waals surface area contributed by atoms with Gasteiger partial charge >= 0.3 is 0 Å². The summed E-state index contributed by atoms with van der Waals surface area (Å²) in [7, 11) is -3.42. The molecule has 6 heteroatoms. The lowest BCUT2D eigenvalue weighted by molar-refractivity contribution is 0.239. The van der Waals surface area contributed by atoms with Gasteiger partial charge in [0.1, 0.15) is 10.7 Å². The highest BCUT2D eigenvalue weighted by molar-refractivity contribution is 7.89. The Morgan fingerprint density at radius 1 is 1.33 bits per heavy atom. The van der Waals surface area contributed by atoms with Gasteiger partial charge in [-0.1, -0.05) is 19.8 Å². The number of piperidine rings is 1. The lowest BCUT2D eigenvalue weighted by Gasteiger charge is -2.34. The van der Waals surface area contributed by atoms with Crippen LogP contribution >= 0.6 is 0 Å². The largest absolute Gasteiger partial charge is 0.370 e. The summed E-state index contributed by atoms with van der Waals surface area (Å²) in [5, 5.41) is 3.08. The molecule has 21 heavy (non-hydrogen) atoms. The van der Waals surface area contributed by atoms with Crippen LogP contribution in [0.5, 0.6) is 0 Å². The highest BCUT2D eigenvalue weighted by Gasteiger charge is 2.32. The highest BCUT2D eigenvalue weighted by Crippen LogP contribution is 2.27. The number of aromatic nitrogens is 1. The Hall–Kier alpha value is -1.14. The van der Waals surface area contributed by atoms with Gasteiger partial charge in [-0.05, 0) is 38.3 Å². The quantitative estimate of drug-likeness (QED) is 0.877. The molecule has 1 fully saturated rings. The molecule has 1 aliphatic heterocycles. The van der Waals surface area contributed by atoms with Gasteiger partial charge in [-0.15, -0.1) is 0 Å². The molecular weight excluding hydrogens is 286 g/mol. The Bertz CT molecular complexity index is 541.